The van der Waals surface area contributed by atoms with Gasteiger partial charge < -0.3 is 14.6 Å². The van der Waals surface area contributed by atoms with Gasteiger partial charge in [0.25, 0.3) is 0 Å². The van der Waals surface area contributed by atoms with Gasteiger partial charge in [0.15, 0.2) is 5.82 Å². The highest BCUT2D eigenvalue weighted by atomic mass is 16.5. The summed E-state index contributed by atoms with van der Waals surface area (Å²) in [7, 11) is 1.59. The van der Waals surface area contributed by atoms with E-state index in [4.69, 9.17) is 9.26 Å². The van der Waals surface area contributed by atoms with Crippen LogP contribution in [-0.4, -0.2) is 23.3 Å². The second-order valence-corrected chi connectivity index (χ2v) is 2.75. The second-order valence-electron chi connectivity index (χ2n) is 2.75. The predicted molar refractivity (Wildman–Crippen MR) is 43.8 cm³/mol. The van der Waals surface area contributed by atoms with Gasteiger partial charge in [0.1, 0.15) is 6.61 Å². The lowest BCUT2D eigenvalue weighted by molar-refractivity contribution is 0.174. The predicted octanol–water partition coefficient (Wildman–Crippen LogP) is 1.04. The van der Waals surface area contributed by atoms with Crippen molar-refractivity contribution in [3.05, 3.63) is 5.82 Å². The minimum Gasteiger partial charge on any atom is -0.377 e. The molecule has 1 rings (SSSR count). The summed E-state index contributed by atoms with van der Waals surface area (Å²) >= 11 is 0. The number of nitrogens with zero attached hydrogens (tertiary/aromatic N) is 2. The first-order valence-electron chi connectivity index (χ1n) is 3.80. The molecule has 5 heteroatoms. The molecule has 0 aliphatic carbocycles. The fourth-order valence-electron chi connectivity index (χ4n) is 0.747. The summed E-state index contributed by atoms with van der Waals surface area (Å²) in [4.78, 5) is 4.03. The zero-order valence-electron chi connectivity index (χ0n) is 7.50. The summed E-state index contributed by atoms with van der Waals surface area (Å²) in [5, 5.41) is 6.67. The molecule has 0 radical (unpaired) electrons. The van der Waals surface area contributed by atoms with Crippen molar-refractivity contribution in [3.63, 3.8) is 0 Å². The fraction of sp³-hybridized carbons (Fsp3) is 0.714. The number of ether oxygens (including phenoxy) is 1. The van der Waals surface area contributed by atoms with E-state index in [1.807, 2.05) is 13.8 Å². The highest BCUT2D eigenvalue weighted by molar-refractivity contribution is 5.19. The lowest BCUT2D eigenvalue weighted by Gasteiger charge is -2.01. The van der Waals surface area contributed by atoms with Gasteiger partial charge in [-0.3, -0.25) is 0 Å². The van der Waals surface area contributed by atoms with E-state index in [-0.39, 0.29) is 0 Å². The standard InChI is InChI=1S/C7H13N3O2/c1-5(2)8-7-9-6(4-11-3)10-12-7/h5H,4H2,1-3H3,(H,8,9,10). The van der Waals surface area contributed by atoms with Crippen LogP contribution in [0.4, 0.5) is 6.01 Å². The molecule has 0 aromatic carbocycles. The van der Waals surface area contributed by atoms with Crippen LogP contribution in [0.2, 0.25) is 0 Å². The molecule has 0 saturated carbocycles. The van der Waals surface area contributed by atoms with E-state index in [1.54, 1.807) is 7.11 Å². The zero-order chi connectivity index (χ0) is 8.97. The minimum atomic E-state index is 0.292. The first kappa shape index (κ1) is 8.99. The number of hydrogen-bond acceptors (Lipinski definition) is 5. The quantitative estimate of drug-likeness (QED) is 0.733. The van der Waals surface area contributed by atoms with Crippen LogP contribution in [0.1, 0.15) is 19.7 Å². The largest absolute Gasteiger partial charge is 0.377 e. The zero-order valence-corrected chi connectivity index (χ0v) is 7.50. The van der Waals surface area contributed by atoms with E-state index in [2.05, 4.69) is 15.5 Å². The number of rotatable bonds is 4. The highest BCUT2D eigenvalue weighted by Crippen LogP contribution is 2.04. The first-order chi connectivity index (χ1) is 5.72. The van der Waals surface area contributed by atoms with E-state index in [0.29, 0.717) is 24.5 Å². The van der Waals surface area contributed by atoms with Crippen LogP contribution < -0.4 is 5.32 Å². The number of hydrogen-bond donors (Lipinski definition) is 1. The van der Waals surface area contributed by atoms with Gasteiger partial charge in [-0.1, -0.05) is 5.16 Å². The van der Waals surface area contributed by atoms with Crippen molar-refractivity contribution < 1.29 is 9.26 Å². The average Bonchev–Trinajstić information content (AvgIpc) is 2.36. The van der Waals surface area contributed by atoms with Crippen LogP contribution >= 0.6 is 0 Å². The molecular weight excluding hydrogens is 158 g/mol. The van der Waals surface area contributed by atoms with Crippen LogP contribution in [0, 0.1) is 0 Å². The van der Waals surface area contributed by atoms with Crippen molar-refractivity contribution in [2.45, 2.75) is 26.5 Å². The maximum Gasteiger partial charge on any atom is 0.321 e. The lowest BCUT2D eigenvalue weighted by atomic mass is 10.4. The Balaban J connectivity index is 2.52. The number of nitrogens with one attached hydrogen (secondary N) is 1. The third-order valence-electron chi connectivity index (χ3n) is 1.15. The Hall–Kier alpha value is -1.10. The third-order valence-corrected chi connectivity index (χ3v) is 1.15. The summed E-state index contributed by atoms with van der Waals surface area (Å²) in [5.41, 5.74) is 0. The Bertz CT molecular complexity index is 234. The van der Waals surface area contributed by atoms with Crippen molar-refractivity contribution in [1.29, 1.82) is 0 Å². The molecule has 1 heterocycles. The summed E-state index contributed by atoms with van der Waals surface area (Å²) < 4.78 is 9.71. The molecule has 68 valence electrons. The molecule has 0 unspecified atom stereocenters. The molecule has 0 aliphatic rings. The Morgan fingerprint density at radius 2 is 2.33 bits per heavy atom. The Labute approximate surface area is 71.1 Å². The number of aromatic nitrogens is 2. The molecular formula is C7H13N3O2. The van der Waals surface area contributed by atoms with Crippen LogP contribution in [0.25, 0.3) is 0 Å². The van der Waals surface area contributed by atoms with Crippen molar-refractivity contribution in [2.75, 3.05) is 12.4 Å². The fourth-order valence-corrected chi connectivity index (χ4v) is 0.747. The van der Waals surface area contributed by atoms with Crippen LogP contribution in [0.3, 0.4) is 0 Å². The maximum absolute atomic E-state index is 4.88. The smallest absolute Gasteiger partial charge is 0.321 e. The van der Waals surface area contributed by atoms with Gasteiger partial charge in [-0.2, -0.15) is 4.98 Å². The molecule has 0 saturated heterocycles. The topological polar surface area (TPSA) is 60.2 Å². The molecule has 0 amide bonds. The summed E-state index contributed by atoms with van der Waals surface area (Å²) in [6.45, 7) is 4.38. The van der Waals surface area contributed by atoms with Crippen molar-refractivity contribution in [3.8, 4) is 0 Å². The molecule has 0 atom stereocenters. The van der Waals surface area contributed by atoms with Crippen LogP contribution in [0.15, 0.2) is 4.52 Å². The summed E-state index contributed by atoms with van der Waals surface area (Å²) in [6, 6.07) is 0.734. The highest BCUT2D eigenvalue weighted by Gasteiger charge is 2.05. The number of methoxy groups -OCH3 is 1. The molecule has 0 spiro atoms. The van der Waals surface area contributed by atoms with Gasteiger partial charge in [-0.25, -0.2) is 0 Å². The van der Waals surface area contributed by atoms with E-state index in [0.717, 1.165) is 0 Å². The van der Waals surface area contributed by atoms with Gasteiger partial charge >= 0.3 is 6.01 Å². The molecule has 1 aromatic heterocycles. The van der Waals surface area contributed by atoms with Crippen LogP contribution in [0.5, 0.6) is 0 Å². The number of anilines is 1. The average molecular weight is 171 g/mol. The van der Waals surface area contributed by atoms with Gasteiger partial charge in [-0.05, 0) is 13.8 Å². The van der Waals surface area contributed by atoms with Gasteiger partial charge in [0.05, 0.1) is 0 Å². The second kappa shape index (κ2) is 4.06. The SMILES string of the molecule is COCc1noc(NC(C)C)n1. The van der Waals surface area contributed by atoms with Gasteiger partial charge in [0.2, 0.25) is 0 Å². The van der Waals surface area contributed by atoms with E-state index in [1.165, 1.54) is 0 Å². The molecule has 5 nitrogen and oxygen atoms in total. The van der Waals surface area contributed by atoms with E-state index in [9.17, 15) is 0 Å². The Morgan fingerprint density at radius 1 is 1.58 bits per heavy atom. The van der Waals surface area contributed by atoms with Gasteiger partial charge in [0, 0.05) is 13.2 Å². The van der Waals surface area contributed by atoms with E-state index < -0.39 is 0 Å². The molecule has 0 aliphatic heterocycles. The van der Waals surface area contributed by atoms with Crippen molar-refractivity contribution >= 4 is 6.01 Å². The molecule has 1 N–H and O–H groups in total. The normalized spacial score (nSPS) is 10.7. The lowest BCUT2D eigenvalue weighted by Crippen LogP contribution is -2.09. The van der Waals surface area contributed by atoms with Gasteiger partial charge in [-0.15, -0.1) is 0 Å². The molecule has 1 aromatic rings. The maximum atomic E-state index is 4.88. The van der Waals surface area contributed by atoms with Crippen molar-refractivity contribution in [2.24, 2.45) is 0 Å². The van der Waals surface area contributed by atoms with Crippen LogP contribution in [-0.2, 0) is 11.3 Å². The summed E-state index contributed by atoms with van der Waals surface area (Å²) in [6.07, 6.45) is 0. The van der Waals surface area contributed by atoms with Crippen molar-refractivity contribution in [1.82, 2.24) is 10.1 Å². The Morgan fingerprint density at radius 3 is 2.92 bits per heavy atom. The third kappa shape index (κ3) is 2.50. The Kier molecular flexibility index (Phi) is 3.04. The van der Waals surface area contributed by atoms with E-state index >= 15 is 0 Å². The monoisotopic (exact) mass is 171 g/mol. The summed E-state index contributed by atoms with van der Waals surface area (Å²) in [5.74, 6) is 0.556. The molecule has 12 heavy (non-hydrogen) atoms. The molecule has 0 bridgehead atoms. The minimum absolute atomic E-state index is 0.292. The first-order valence-corrected chi connectivity index (χ1v) is 3.80. The molecule has 0 fully saturated rings.